The molecule has 16 aromatic rings. The van der Waals surface area contributed by atoms with E-state index in [-0.39, 0.29) is 43.2 Å². The summed E-state index contributed by atoms with van der Waals surface area (Å²) in [5.74, 6) is 0. The van der Waals surface area contributed by atoms with E-state index in [1.54, 1.807) is 0 Å². The quantitative estimate of drug-likeness (QED) is 0.109. The second-order valence-electron chi connectivity index (χ2n) is 41.4. The first kappa shape index (κ1) is 97.5. The van der Waals surface area contributed by atoms with Crippen LogP contribution in [0.4, 0.5) is 68.2 Å². The highest BCUT2D eigenvalue weighted by Crippen LogP contribution is 2.53. The number of nitrogens with zero attached hydrogens (tertiary/aromatic N) is 20. The molecule has 22 heteroatoms. The smallest absolute Gasteiger partial charge is 0.159 e. The fraction of sp³-hybridized carbons (Fsp3) is 0.260. The van der Waals surface area contributed by atoms with Crippen molar-refractivity contribution < 1.29 is 4.42 Å². The van der Waals surface area contributed by atoms with Crippen LogP contribution >= 0.6 is 11.3 Å². The molecule has 0 N–H and O–H groups in total. The molecule has 758 valence electrons. The van der Waals surface area contributed by atoms with E-state index in [2.05, 4.69) is 613 Å². The fourth-order valence-electron chi connectivity index (χ4n) is 23.3. The SMILES string of the molecule is Cc1c(N2C=CN(C)[C@H]2C)cc2c(oc3ccccc32)c1N1C=CN(C)[C@@H]1C.Cc1c(N2C=CN(C)[C@H]2C)cc2c(sc3ccccc32)c1N1C=CN(C)[C@@H]1C.Cc1c(N2C=CN(C)[C@H]2C)cc2c3ccccc3c3ccccc3c2c1N1C=CN(C)[C@@H]1C.Cc1c(N2C=CN(C)[C@H]2C)cc2ccc3ccccc3c2c1N1C=CN(C)[C@@H]1C.Cc1c(N2C=CN(c3ccccc3)[C@H]2C)cccc1N1C=CN(c2ccccc2)[C@@H]1C. The average Bonchev–Trinajstić information content (AvgIpc) is 1.71. The highest BCUT2D eigenvalue weighted by atomic mass is 32.1. The lowest BCUT2D eigenvalue weighted by molar-refractivity contribution is 0.381. The van der Waals surface area contributed by atoms with Gasteiger partial charge in [0.2, 0.25) is 0 Å². The zero-order valence-corrected chi connectivity index (χ0v) is 90.9. The molecule has 0 fully saturated rings. The normalized spacial score (nSPS) is 21.1. The number of benzene rings is 14. The maximum atomic E-state index is 6.38. The highest BCUT2D eigenvalue weighted by molar-refractivity contribution is 7.26. The van der Waals surface area contributed by atoms with Gasteiger partial charge in [-0.05, 0) is 242 Å². The van der Waals surface area contributed by atoms with Gasteiger partial charge in [0.25, 0.3) is 0 Å². The minimum Gasteiger partial charge on any atom is -0.454 e. The molecule has 14 aromatic carbocycles. The lowest BCUT2D eigenvalue weighted by atomic mass is 9.90. The summed E-state index contributed by atoms with van der Waals surface area (Å²) in [4.78, 5) is 46.4. The summed E-state index contributed by atoms with van der Waals surface area (Å²) >= 11 is 1.90. The molecule has 0 spiro atoms. The van der Waals surface area contributed by atoms with Gasteiger partial charge in [-0.2, -0.15) is 0 Å². The zero-order chi connectivity index (χ0) is 104. The molecule has 10 aliphatic rings. The van der Waals surface area contributed by atoms with Crippen LogP contribution in [0, 0.1) is 34.6 Å². The van der Waals surface area contributed by atoms with E-state index < -0.39 is 0 Å². The van der Waals surface area contributed by atoms with Crippen molar-refractivity contribution in [2.45, 2.75) is 166 Å². The van der Waals surface area contributed by atoms with Crippen LogP contribution in [-0.4, -0.2) is 157 Å². The van der Waals surface area contributed by atoms with Gasteiger partial charge in [-0.3, -0.25) is 0 Å². The number of anilines is 12. The summed E-state index contributed by atoms with van der Waals surface area (Å²) < 4.78 is 9.11. The van der Waals surface area contributed by atoms with Gasteiger partial charge in [-0.15, -0.1) is 11.3 Å². The molecule has 12 heterocycles. The average molecular weight is 1990 g/mol. The molecule has 26 rings (SSSR count). The number of rotatable bonds is 12. The van der Waals surface area contributed by atoms with E-state index in [4.69, 9.17) is 4.42 Å². The predicted molar refractivity (Wildman–Crippen MR) is 634 cm³/mol. The number of hydrogen-bond acceptors (Lipinski definition) is 22. The Morgan fingerprint density at radius 1 is 0.201 bits per heavy atom. The first-order valence-electron chi connectivity index (χ1n) is 52.4. The Balaban J connectivity index is 0.000000106. The van der Waals surface area contributed by atoms with Crippen molar-refractivity contribution in [2.75, 3.05) is 115 Å². The van der Waals surface area contributed by atoms with Gasteiger partial charge in [0.1, 0.15) is 67.2 Å². The minimum atomic E-state index is 0.212. The molecular weight excluding hydrogens is 1850 g/mol. The van der Waals surface area contributed by atoms with Gasteiger partial charge in [-0.25, -0.2) is 0 Å². The third-order valence-electron chi connectivity index (χ3n) is 33.3. The molecule has 0 saturated heterocycles. The highest BCUT2D eigenvalue weighted by Gasteiger charge is 2.39. The van der Waals surface area contributed by atoms with Crippen LogP contribution in [0.25, 0.3) is 96.0 Å². The lowest BCUT2D eigenvalue weighted by Crippen LogP contribution is -2.37. The Labute approximate surface area is 882 Å². The van der Waals surface area contributed by atoms with Crippen molar-refractivity contribution >= 4 is 176 Å². The van der Waals surface area contributed by atoms with E-state index in [9.17, 15) is 0 Å². The zero-order valence-electron chi connectivity index (χ0n) is 90.1. The molecule has 0 amide bonds. The summed E-state index contributed by atoms with van der Waals surface area (Å²) in [5, 5.41) is 18.1. The molecule has 149 heavy (non-hydrogen) atoms. The maximum Gasteiger partial charge on any atom is 0.159 e. The van der Waals surface area contributed by atoms with Crippen molar-refractivity contribution in [2.24, 2.45) is 0 Å². The van der Waals surface area contributed by atoms with Crippen LogP contribution in [0.5, 0.6) is 0 Å². The molecule has 10 aliphatic heterocycles. The number of thiophene rings is 1. The Hall–Kier alpha value is -16.2. The fourth-order valence-corrected chi connectivity index (χ4v) is 24.6. The van der Waals surface area contributed by atoms with E-state index in [0.717, 1.165) is 27.6 Å². The summed E-state index contributed by atoms with van der Waals surface area (Å²) in [6.07, 6.45) is 46.2. The molecule has 0 unspecified atom stereocenters. The summed E-state index contributed by atoms with van der Waals surface area (Å²) in [6.45, 7) is 33.7. The van der Waals surface area contributed by atoms with Gasteiger partial charge in [0.15, 0.2) is 5.58 Å². The minimum absolute atomic E-state index is 0.212. The van der Waals surface area contributed by atoms with Crippen LogP contribution in [0.1, 0.15) is 97.1 Å². The van der Waals surface area contributed by atoms with Crippen molar-refractivity contribution in [3.8, 4) is 0 Å². The molecule has 10 atom stereocenters. The molecule has 21 nitrogen and oxygen atoms in total. The Morgan fingerprint density at radius 3 is 0.960 bits per heavy atom. The first-order valence-corrected chi connectivity index (χ1v) is 53.3. The Kier molecular flexibility index (Phi) is 25.7. The van der Waals surface area contributed by atoms with Gasteiger partial charge in [0.05, 0.1) is 27.4 Å². The van der Waals surface area contributed by atoms with Crippen molar-refractivity contribution in [1.29, 1.82) is 0 Å². The lowest BCUT2D eigenvalue weighted by Gasteiger charge is -2.34. The van der Waals surface area contributed by atoms with Crippen molar-refractivity contribution in [1.82, 2.24) is 39.2 Å². The van der Waals surface area contributed by atoms with Gasteiger partial charge in [0, 0.05) is 268 Å². The third-order valence-corrected chi connectivity index (χ3v) is 34.5. The monoisotopic (exact) mass is 1990 g/mol. The van der Waals surface area contributed by atoms with E-state index in [1.165, 1.54) is 164 Å². The molecule has 0 saturated carbocycles. The standard InChI is InChI=1S/C29H30N4.C27H28N4.C25H28N4.C23H26N4O.C23H26N4S/c1-19-27(32-16-14-30(4)20(32)2)18-26-24-12-7-6-10-22(24)23-11-8-9-13-25(23)28(26)29(19)33-17-15-31(5)21(33)3;1-21-26(30-19-17-28(22(30)2)24-11-6-4-7-12-24)15-10-16-27(21)31-20-18-29(23(31)3)25-13-8-5-9-14-25;1-17-23(28-14-12-26(4)18(28)2)16-21-11-10-20-8-6-7-9-22(20)24(21)25(17)29-15-13-27(5)19(29)3;2*1-15-20(26-12-10-24(4)16(26)2)14-19-18-8-6-7-9-21(18)28-23(19)22(15)27-13-11-25(5)17(27)3/h6-18,20-21H,1-5H3;4-20,22-23H,1-3H3;6-16,18-19H,1-5H3;2*6-14,16-17H,1-5H3/t20-,21+;22-,23+;18-,19+;2*16-,17+/m1.111/s1. The van der Waals surface area contributed by atoms with Gasteiger partial charge < -0.3 is 102 Å². The van der Waals surface area contributed by atoms with Crippen molar-refractivity contribution in [3.63, 3.8) is 0 Å². The largest absolute Gasteiger partial charge is 0.454 e. The number of para-hydroxylation sites is 3. The number of fused-ring (bicyclic) bond motifs is 15. The number of hydrogen-bond donors (Lipinski definition) is 0. The van der Waals surface area contributed by atoms with E-state index in [1.807, 2.05) is 17.4 Å². The topological polar surface area (TPSA) is 77.9 Å². The van der Waals surface area contributed by atoms with Crippen LogP contribution in [0.3, 0.4) is 0 Å². The second-order valence-corrected chi connectivity index (χ2v) is 42.5. The molecule has 0 bridgehead atoms. The third kappa shape index (κ3) is 16.8. The first-order chi connectivity index (χ1) is 72.0. The summed E-state index contributed by atoms with van der Waals surface area (Å²) in [5.41, 5.74) is 23.3. The van der Waals surface area contributed by atoms with Crippen LogP contribution < -0.4 is 58.8 Å². The molecular formula is C127H138N20OS. The van der Waals surface area contributed by atoms with Gasteiger partial charge in [-0.1, -0.05) is 164 Å². The molecule has 0 radical (unpaired) electrons. The molecule has 2 aromatic heterocycles. The number of furan rings is 1. The van der Waals surface area contributed by atoms with Crippen molar-refractivity contribution in [3.05, 3.63) is 388 Å². The van der Waals surface area contributed by atoms with Crippen LogP contribution in [0.2, 0.25) is 0 Å². The van der Waals surface area contributed by atoms with Crippen LogP contribution in [0.15, 0.2) is 365 Å². The van der Waals surface area contributed by atoms with Crippen LogP contribution in [-0.2, 0) is 0 Å². The maximum absolute atomic E-state index is 6.38. The van der Waals surface area contributed by atoms with Gasteiger partial charge >= 0.3 is 0 Å². The van der Waals surface area contributed by atoms with E-state index in [0.29, 0.717) is 18.5 Å². The summed E-state index contributed by atoms with van der Waals surface area (Å²) in [6, 6.07) is 85.1. The predicted octanol–water partition coefficient (Wildman–Crippen LogP) is 28.8. The Bertz CT molecular complexity index is 7930. The summed E-state index contributed by atoms with van der Waals surface area (Å²) in [7, 11) is 17.1. The second kappa shape index (κ2) is 39.2. The molecule has 0 aliphatic carbocycles. The van der Waals surface area contributed by atoms with E-state index >= 15 is 0 Å². The Morgan fingerprint density at radius 2 is 0.510 bits per heavy atom.